The fraction of sp³-hybridized carbons (Fsp3) is 0.347. The predicted molar refractivity (Wildman–Crippen MR) is 295 cm³/mol. The molecule has 428 valence electrons. The Morgan fingerprint density at radius 2 is 0.679 bits per heavy atom. The predicted octanol–water partition coefficient (Wildman–Crippen LogP) is 1.86. The van der Waals surface area contributed by atoms with E-state index in [0.717, 1.165) is 35.9 Å². The number of benzene rings is 4. The normalized spacial score (nSPS) is 9.86. The van der Waals surface area contributed by atoms with Gasteiger partial charge in [0, 0.05) is 11.1 Å². The molecule has 0 aliphatic carbocycles. The van der Waals surface area contributed by atoms with Crippen LogP contribution in [0.2, 0.25) is 0 Å². The van der Waals surface area contributed by atoms with Crippen LogP contribution in [0, 0.1) is 0 Å². The fourth-order valence-electron chi connectivity index (χ4n) is 6.21. The Labute approximate surface area is 459 Å². The van der Waals surface area contributed by atoms with Crippen LogP contribution in [0.1, 0.15) is 123 Å². The second-order valence-electron chi connectivity index (χ2n) is 14.7. The van der Waals surface area contributed by atoms with Gasteiger partial charge in [0.1, 0.15) is 52.8 Å². The smallest absolute Gasteiger partial charge is 0.269 e. The van der Waals surface area contributed by atoms with Crippen LogP contribution < -0.4 is 101 Å². The van der Waals surface area contributed by atoms with Gasteiger partial charge in [-0.15, -0.1) is 0 Å². The standard InChI is InChI=1S/C18H30N4O4S2.C12H18N4O4.C10H14N4O4.C9H8O3/c1-3-27-9-5-7-25-15-11-14(18(24)22-20)16(12-13(15)17(23)21-19)26-8-6-10-28-4-2;1-3-19-9-5-8(12(18)16-14)10(20-4-2)6-7(9)11(17)15-13;1-17-7-3-6(10(16)14-12)8(18-2)4-5(7)9(15)13-11;1-12-9-3-7(5-10)2-8(4-9)6-11/h11-12H,3-10,19-20H2,1-2H3,(H,21,23)(H,22,24);5-6H,3-4,13-14H2,1-2H3,(H,15,17)(H,16,18);3-4H,11-12H2,1-2H3,(H,13,15)(H,14,16);2-6H,1H3. The maximum Gasteiger partial charge on any atom is 0.269 e. The summed E-state index contributed by atoms with van der Waals surface area (Å²) in [5.41, 5.74) is 14.1. The number of nitrogen functional groups attached to an aromatic ring is 6. The van der Waals surface area contributed by atoms with E-state index in [-0.39, 0.29) is 67.9 Å². The zero-order valence-corrected chi connectivity index (χ0v) is 46.0. The lowest BCUT2D eigenvalue weighted by Crippen LogP contribution is -2.32. The average Bonchev–Trinajstić information content (AvgIpc) is 3.48. The van der Waals surface area contributed by atoms with E-state index >= 15 is 0 Å². The Bertz CT molecular complexity index is 2450. The van der Waals surface area contributed by atoms with Crippen molar-refractivity contribution in [1.82, 2.24) is 32.6 Å². The number of carbonyl (C=O) groups excluding carboxylic acids is 8. The van der Waals surface area contributed by atoms with E-state index in [1.165, 1.54) is 63.8 Å². The van der Waals surface area contributed by atoms with E-state index in [0.29, 0.717) is 55.9 Å². The largest absolute Gasteiger partial charge is 0.497 e. The number of methoxy groups -OCH3 is 3. The molecule has 6 amide bonds. The molecule has 0 bridgehead atoms. The van der Waals surface area contributed by atoms with Crippen molar-refractivity contribution >= 4 is 71.5 Å². The first-order chi connectivity index (χ1) is 37.5. The molecule has 78 heavy (non-hydrogen) atoms. The first-order valence-corrected chi connectivity index (χ1v) is 25.8. The van der Waals surface area contributed by atoms with Crippen molar-refractivity contribution < 1.29 is 71.5 Å². The number of nitrogens with two attached hydrogens (primary N) is 6. The number of aldehydes is 2. The molecule has 18 N–H and O–H groups in total. The van der Waals surface area contributed by atoms with Crippen LogP contribution in [0.3, 0.4) is 0 Å². The van der Waals surface area contributed by atoms with Gasteiger partial charge in [0.15, 0.2) is 0 Å². The maximum absolute atomic E-state index is 12.2. The van der Waals surface area contributed by atoms with E-state index in [4.69, 9.17) is 68.2 Å². The molecule has 0 fully saturated rings. The molecule has 0 radical (unpaired) electrons. The second kappa shape index (κ2) is 38.6. The fourth-order valence-corrected chi connectivity index (χ4v) is 7.43. The molecule has 27 nitrogen and oxygen atoms in total. The highest BCUT2D eigenvalue weighted by atomic mass is 32.2. The summed E-state index contributed by atoms with van der Waals surface area (Å²) in [6.45, 7) is 9.16. The Hall–Kier alpha value is -7.90. The summed E-state index contributed by atoms with van der Waals surface area (Å²) >= 11 is 3.61. The first-order valence-electron chi connectivity index (χ1n) is 23.5. The van der Waals surface area contributed by atoms with Crippen molar-refractivity contribution in [1.29, 1.82) is 0 Å². The monoisotopic (exact) mass is 1130 g/mol. The molecule has 0 unspecified atom stereocenters. The summed E-state index contributed by atoms with van der Waals surface area (Å²) in [4.78, 5) is 91.6. The van der Waals surface area contributed by atoms with E-state index in [1.807, 2.05) is 21.7 Å². The molecule has 0 aliphatic rings. The molecular formula is C49H70N12O15S2. The van der Waals surface area contributed by atoms with Gasteiger partial charge in [0.05, 0.1) is 81.1 Å². The molecule has 0 spiro atoms. The number of thioether (sulfide) groups is 2. The third-order valence-electron chi connectivity index (χ3n) is 9.79. The van der Waals surface area contributed by atoms with Gasteiger partial charge >= 0.3 is 0 Å². The van der Waals surface area contributed by atoms with Gasteiger partial charge in [-0.2, -0.15) is 23.5 Å². The summed E-state index contributed by atoms with van der Waals surface area (Å²) in [5.74, 6) is 33.4. The SMILES string of the molecule is CCOc1cc(C(=O)NN)c(OCC)cc1C(=O)NN.CCSCCCOc1cc(C(=O)NN)c(OCCCSCC)cc1C(=O)NN.COc1cc(C(=O)NN)c(OC)cc1C(=O)NN.COc1cc(C=O)cc(C=O)c1. The minimum absolute atomic E-state index is 0.144. The van der Waals surface area contributed by atoms with E-state index in [2.05, 4.69) is 24.7 Å². The van der Waals surface area contributed by atoms with Crippen molar-refractivity contribution in [2.75, 3.05) is 70.8 Å². The van der Waals surface area contributed by atoms with Crippen LogP contribution in [0.25, 0.3) is 0 Å². The molecule has 4 rings (SSSR count). The highest BCUT2D eigenvalue weighted by Gasteiger charge is 2.23. The zero-order valence-electron chi connectivity index (χ0n) is 44.3. The number of rotatable bonds is 27. The van der Waals surface area contributed by atoms with Crippen LogP contribution in [0.15, 0.2) is 54.6 Å². The van der Waals surface area contributed by atoms with Crippen LogP contribution in [-0.4, -0.2) is 119 Å². The molecule has 0 aromatic heterocycles. The number of carbonyl (C=O) groups is 8. The molecule has 29 heteroatoms. The van der Waals surface area contributed by atoms with Crippen LogP contribution in [0.4, 0.5) is 0 Å². The van der Waals surface area contributed by atoms with Crippen LogP contribution in [-0.2, 0) is 0 Å². The average molecular weight is 1130 g/mol. The Balaban J connectivity index is 0.000000541. The zero-order chi connectivity index (χ0) is 58.6. The minimum Gasteiger partial charge on any atom is -0.497 e. The van der Waals surface area contributed by atoms with Crippen LogP contribution in [0.5, 0.6) is 40.2 Å². The molecule has 4 aromatic carbocycles. The highest BCUT2D eigenvalue weighted by molar-refractivity contribution is 7.99. The summed E-state index contributed by atoms with van der Waals surface area (Å²) in [5, 5.41) is 0. The molecule has 0 atom stereocenters. The highest BCUT2D eigenvalue weighted by Crippen LogP contribution is 2.32. The summed E-state index contributed by atoms with van der Waals surface area (Å²) in [6.07, 6.45) is 2.98. The minimum atomic E-state index is -0.565. The van der Waals surface area contributed by atoms with E-state index in [9.17, 15) is 38.4 Å². The Morgan fingerprint density at radius 1 is 0.410 bits per heavy atom. The van der Waals surface area contributed by atoms with Crippen LogP contribution >= 0.6 is 23.5 Å². The molecular weight excluding hydrogens is 1060 g/mol. The number of hydrazine groups is 6. The van der Waals surface area contributed by atoms with Crippen molar-refractivity contribution in [2.45, 2.75) is 40.5 Å². The number of ether oxygens (including phenoxy) is 7. The topological polar surface area (TPSA) is 429 Å². The molecule has 0 heterocycles. The quantitative estimate of drug-likeness (QED) is 0.0133. The van der Waals surface area contributed by atoms with Crippen molar-refractivity contribution in [3.63, 3.8) is 0 Å². The third-order valence-corrected chi connectivity index (χ3v) is 11.8. The third kappa shape index (κ3) is 22.0. The lowest BCUT2D eigenvalue weighted by Gasteiger charge is -2.16. The van der Waals surface area contributed by atoms with Crippen molar-refractivity contribution in [2.24, 2.45) is 35.1 Å². The Morgan fingerprint density at radius 3 is 0.910 bits per heavy atom. The number of hydrogen-bond acceptors (Lipinski definition) is 23. The van der Waals surface area contributed by atoms with E-state index in [1.54, 1.807) is 49.5 Å². The number of amides is 6. The van der Waals surface area contributed by atoms with Gasteiger partial charge in [-0.1, -0.05) is 13.8 Å². The molecule has 4 aromatic rings. The van der Waals surface area contributed by atoms with E-state index < -0.39 is 35.4 Å². The lowest BCUT2D eigenvalue weighted by atomic mass is 10.1. The maximum atomic E-state index is 12.2. The summed E-state index contributed by atoms with van der Waals surface area (Å²) in [7, 11) is 4.21. The molecule has 0 saturated heterocycles. The number of nitrogens with one attached hydrogen (secondary N) is 6. The second-order valence-corrected chi connectivity index (χ2v) is 17.5. The molecule has 0 aliphatic heterocycles. The van der Waals surface area contributed by atoms with Gasteiger partial charge in [0.25, 0.3) is 35.4 Å². The lowest BCUT2D eigenvalue weighted by molar-refractivity contribution is 0.0934. The van der Waals surface area contributed by atoms with Crippen molar-refractivity contribution in [3.8, 4) is 40.2 Å². The molecule has 0 saturated carbocycles. The summed E-state index contributed by atoms with van der Waals surface area (Å²) in [6, 6.07) is 13.0. The van der Waals surface area contributed by atoms with Gasteiger partial charge in [-0.05, 0) is 104 Å². The van der Waals surface area contributed by atoms with Crippen molar-refractivity contribution in [3.05, 3.63) is 99.1 Å². The number of hydrogen-bond donors (Lipinski definition) is 12. The Kier molecular flexibility index (Phi) is 33.7. The summed E-state index contributed by atoms with van der Waals surface area (Å²) < 4.78 is 37.1. The van der Waals surface area contributed by atoms with Gasteiger partial charge in [-0.25, -0.2) is 35.1 Å². The van der Waals surface area contributed by atoms with Gasteiger partial charge < -0.3 is 33.2 Å². The van der Waals surface area contributed by atoms with Gasteiger partial charge in [0.2, 0.25) is 0 Å². The first kappa shape index (κ1) is 68.1. The van der Waals surface area contributed by atoms with Gasteiger partial charge in [-0.3, -0.25) is 70.9 Å².